The minimum absolute atomic E-state index is 0. The Bertz CT molecular complexity index is 470. The van der Waals surface area contributed by atoms with Gasteiger partial charge < -0.3 is 0 Å². The van der Waals surface area contributed by atoms with Crippen molar-refractivity contribution in [3.63, 3.8) is 0 Å². The minimum Gasteiger partial charge on any atom is -0.190 e. The van der Waals surface area contributed by atoms with Crippen LogP contribution in [0.3, 0.4) is 0 Å². The standard InChI is InChI=1S/C20H25.Ti/c1-3-7-19-15(5-1)9-11-17(19)13-14-18-12-10-16-6-2-4-8-20(16)18;/h3-4,7-8,17H,1-2,5-6,9-14H2;/q-1;. The first-order chi connectivity index (χ1) is 9.92. The SMILES string of the molecule is C1=CC2=C(CC1)CC[C-]2CCC1CCC2=C1C=CCC2.[Ti]. The normalized spacial score (nSPS) is 27.0. The first-order valence-corrected chi connectivity index (χ1v) is 8.54. The molecule has 0 saturated heterocycles. The predicted molar refractivity (Wildman–Crippen MR) is 85.2 cm³/mol. The van der Waals surface area contributed by atoms with E-state index in [1.165, 1.54) is 64.2 Å². The van der Waals surface area contributed by atoms with Gasteiger partial charge in [0.25, 0.3) is 0 Å². The van der Waals surface area contributed by atoms with Crippen LogP contribution in [0.1, 0.15) is 64.2 Å². The van der Waals surface area contributed by atoms with Gasteiger partial charge >= 0.3 is 0 Å². The van der Waals surface area contributed by atoms with E-state index in [0.29, 0.717) is 0 Å². The van der Waals surface area contributed by atoms with Gasteiger partial charge in [0.1, 0.15) is 0 Å². The molecule has 4 aliphatic rings. The molecule has 0 spiro atoms. The minimum atomic E-state index is 0. The summed E-state index contributed by atoms with van der Waals surface area (Å²) in [5.74, 6) is 2.64. The largest absolute Gasteiger partial charge is 0.190 e. The maximum absolute atomic E-state index is 2.45. The van der Waals surface area contributed by atoms with Crippen molar-refractivity contribution in [3.8, 4) is 0 Å². The van der Waals surface area contributed by atoms with Crippen molar-refractivity contribution in [2.75, 3.05) is 0 Å². The van der Waals surface area contributed by atoms with Crippen molar-refractivity contribution in [2.24, 2.45) is 5.92 Å². The predicted octanol–water partition coefficient (Wildman–Crippen LogP) is 5.84. The second kappa shape index (κ2) is 6.75. The zero-order chi connectivity index (χ0) is 13.4. The van der Waals surface area contributed by atoms with Crippen molar-refractivity contribution in [2.45, 2.75) is 64.2 Å². The molecule has 0 N–H and O–H groups in total. The van der Waals surface area contributed by atoms with E-state index in [0.717, 1.165) is 5.92 Å². The van der Waals surface area contributed by atoms with E-state index in [2.05, 4.69) is 24.3 Å². The first kappa shape index (κ1) is 15.4. The fourth-order valence-corrected chi connectivity index (χ4v) is 4.61. The van der Waals surface area contributed by atoms with Crippen LogP contribution < -0.4 is 0 Å². The number of allylic oxidation sites excluding steroid dienone is 8. The molecule has 0 amide bonds. The average molecular weight is 313 g/mol. The fourth-order valence-electron chi connectivity index (χ4n) is 4.61. The zero-order valence-corrected chi connectivity index (χ0v) is 14.5. The van der Waals surface area contributed by atoms with E-state index in [1.807, 2.05) is 0 Å². The van der Waals surface area contributed by atoms with Gasteiger partial charge in [-0.3, -0.25) is 0 Å². The van der Waals surface area contributed by atoms with Crippen molar-refractivity contribution in [1.29, 1.82) is 0 Å². The Morgan fingerprint density at radius 3 is 2.67 bits per heavy atom. The van der Waals surface area contributed by atoms with E-state index in [9.17, 15) is 0 Å². The Morgan fingerprint density at radius 2 is 1.76 bits per heavy atom. The molecule has 1 atom stereocenters. The monoisotopic (exact) mass is 313 g/mol. The number of rotatable bonds is 3. The van der Waals surface area contributed by atoms with Gasteiger partial charge in [0.2, 0.25) is 0 Å². The molecule has 1 unspecified atom stereocenters. The van der Waals surface area contributed by atoms with Crippen molar-refractivity contribution >= 4 is 0 Å². The van der Waals surface area contributed by atoms with Crippen LogP contribution >= 0.6 is 0 Å². The maximum atomic E-state index is 2.45. The summed E-state index contributed by atoms with van der Waals surface area (Å²) < 4.78 is 0. The molecule has 0 fully saturated rings. The average Bonchev–Trinajstić information content (AvgIpc) is 3.09. The Labute approximate surface area is 144 Å². The van der Waals surface area contributed by atoms with E-state index >= 15 is 0 Å². The van der Waals surface area contributed by atoms with Crippen LogP contribution in [0.2, 0.25) is 0 Å². The van der Waals surface area contributed by atoms with Gasteiger partial charge in [-0.05, 0) is 37.2 Å². The van der Waals surface area contributed by atoms with Crippen molar-refractivity contribution in [3.05, 3.63) is 52.5 Å². The third kappa shape index (κ3) is 3.03. The summed E-state index contributed by atoms with van der Waals surface area (Å²) in [5.41, 5.74) is 6.92. The summed E-state index contributed by atoms with van der Waals surface area (Å²) in [4.78, 5) is 0. The molecule has 0 saturated carbocycles. The Morgan fingerprint density at radius 1 is 0.952 bits per heavy atom. The topological polar surface area (TPSA) is 0 Å². The van der Waals surface area contributed by atoms with E-state index in [4.69, 9.17) is 0 Å². The molecule has 0 aromatic carbocycles. The molecule has 110 valence electrons. The quantitative estimate of drug-likeness (QED) is 0.454. The first-order valence-electron chi connectivity index (χ1n) is 8.54. The summed E-state index contributed by atoms with van der Waals surface area (Å²) in [7, 11) is 0. The molecule has 4 aliphatic carbocycles. The van der Waals surface area contributed by atoms with Gasteiger partial charge in [0, 0.05) is 21.7 Å². The summed E-state index contributed by atoms with van der Waals surface area (Å²) >= 11 is 0. The van der Waals surface area contributed by atoms with Crippen LogP contribution in [0, 0.1) is 11.8 Å². The summed E-state index contributed by atoms with van der Waals surface area (Å²) in [5, 5.41) is 0. The van der Waals surface area contributed by atoms with Crippen LogP contribution in [0.15, 0.2) is 46.6 Å². The molecule has 21 heavy (non-hydrogen) atoms. The molecular weight excluding hydrogens is 288 g/mol. The van der Waals surface area contributed by atoms with Crippen LogP contribution in [0.25, 0.3) is 0 Å². The third-order valence-electron chi connectivity index (χ3n) is 5.74. The molecule has 4 rings (SSSR count). The van der Waals surface area contributed by atoms with E-state index in [-0.39, 0.29) is 21.7 Å². The summed E-state index contributed by atoms with van der Waals surface area (Å²) in [6.45, 7) is 0. The van der Waals surface area contributed by atoms with Gasteiger partial charge in [-0.1, -0.05) is 56.3 Å². The van der Waals surface area contributed by atoms with Crippen molar-refractivity contribution in [1.82, 2.24) is 0 Å². The van der Waals surface area contributed by atoms with Crippen LogP contribution in [-0.4, -0.2) is 0 Å². The fraction of sp³-hybridized carbons (Fsp3) is 0.550. The number of hydrogen-bond acceptors (Lipinski definition) is 0. The molecule has 0 radical (unpaired) electrons. The van der Waals surface area contributed by atoms with E-state index < -0.39 is 0 Å². The smallest absolute Gasteiger partial charge is 0 e. The van der Waals surface area contributed by atoms with Crippen LogP contribution in [-0.2, 0) is 21.7 Å². The zero-order valence-electron chi connectivity index (χ0n) is 13.0. The van der Waals surface area contributed by atoms with Gasteiger partial charge in [0.05, 0.1) is 0 Å². The van der Waals surface area contributed by atoms with Crippen LogP contribution in [0.4, 0.5) is 0 Å². The van der Waals surface area contributed by atoms with Crippen LogP contribution in [0.5, 0.6) is 0 Å². The molecule has 0 aromatic rings. The Kier molecular flexibility index (Phi) is 4.97. The summed E-state index contributed by atoms with van der Waals surface area (Å²) in [6.07, 6.45) is 23.1. The molecule has 0 nitrogen and oxygen atoms in total. The second-order valence-electron chi connectivity index (χ2n) is 6.84. The molecule has 0 bridgehead atoms. The van der Waals surface area contributed by atoms with Gasteiger partial charge in [0.15, 0.2) is 0 Å². The number of hydrogen-bond donors (Lipinski definition) is 0. The molecule has 0 aliphatic heterocycles. The van der Waals surface area contributed by atoms with E-state index in [1.54, 1.807) is 28.2 Å². The molecule has 0 heterocycles. The van der Waals surface area contributed by atoms with Crippen molar-refractivity contribution < 1.29 is 21.7 Å². The Balaban J connectivity index is 0.00000132. The molecule has 1 heteroatoms. The second-order valence-corrected chi connectivity index (χ2v) is 6.84. The van der Waals surface area contributed by atoms with Gasteiger partial charge in [-0.2, -0.15) is 23.1 Å². The molecular formula is C20H25Ti-. The molecule has 0 aromatic heterocycles. The van der Waals surface area contributed by atoms with Gasteiger partial charge in [-0.25, -0.2) is 0 Å². The Hall–Kier alpha value is -0.456. The summed E-state index contributed by atoms with van der Waals surface area (Å²) in [6, 6.07) is 0. The maximum Gasteiger partial charge on any atom is 0 e. The third-order valence-corrected chi connectivity index (χ3v) is 5.74. The van der Waals surface area contributed by atoms with Gasteiger partial charge in [-0.15, -0.1) is 6.08 Å².